The molecule has 2 aliphatic rings. The summed E-state index contributed by atoms with van der Waals surface area (Å²) in [5.41, 5.74) is 12.5. The fourth-order valence-corrected chi connectivity index (χ4v) is 10.1. The van der Waals surface area contributed by atoms with Crippen molar-refractivity contribution >= 4 is 12.4 Å². The van der Waals surface area contributed by atoms with Crippen LogP contribution < -0.4 is 5.30 Å². The van der Waals surface area contributed by atoms with Crippen LogP contribution in [0.2, 0.25) is 0 Å². The van der Waals surface area contributed by atoms with Crippen LogP contribution in [0.4, 0.5) is 0 Å². The lowest BCUT2D eigenvalue weighted by Gasteiger charge is -2.39. The highest BCUT2D eigenvalue weighted by Crippen LogP contribution is 2.62. The van der Waals surface area contributed by atoms with Crippen molar-refractivity contribution in [2.24, 2.45) is 5.11 Å². The molecule has 2 aliphatic carbocycles. The van der Waals surface area contributed by atoms with Crippen molar-refractivity contribution in [2.75, 3.05) is 0 Å². The fraction of sp³-hybridized carbons (Fsp3) is 0.520. The second-order valence-electron chi connectivity index (χ2n) is 8.90. The largest absolute Gasteiger partial charge is 0.318 e. The van der Waals surface area contributed by atoms with Gasteiger partial charge in [0.05, 0.1) is 6.54 Å². The van der Waals surface area contributed by atoms with Crippen LogP contribution in [-0.4, -0.2) is 11.3 Å². The van der Waals surface area contributed by atoms with Gasteiger partial charge in [-0.1, -0.05) is 92.2 Å². The molecule has 0 amide bonds. The molecule has 4 nitrogen and oxygen atoms in total. The highest BCUT2D eigenvalue weighted by atomic mass is 31.2. The summed E-state index contributed by atoms with van der Waals surface area (Å²) in [6.07, 6.45) is 11.9. The van der Waals surface area contributed by atoms with Gasteiger partial charge < -0.3 is 4.57 Å². The highest BCUT2D eigenvalue weighted by Gasteiger charge is 2.43. The lowest BCUT2D eigenvalue weighted by atomic mass is 9.99. The summed E-state index contributed by atoms with van der Waals surface area (Å²) in [6, 6.07) is 16.7. The smallest absolute Gasteiger partial charge is 0.122 e. The van der Waals surface area contributed by atoms with E-state index in [-0.39, 0.29) is 0 Å². The second kappa shape index (κ2) is 9.86. The average molecular weight is 422 g/mol. The molecule has 0 radical (unpaired) electrons. The molecule has 0 spiro atoms. The van der Waals surface area contributed by atoms with Gasteiger partial charge in [0.25, 0.3) is 0 Å². The molecule has 2 aromatic carbocycles. The van der Waals surface area contributed by atoms with Gasteiger partial charge in [-0.2, -0.15) is 0 Å². The lowest BCUT2D eigenvalue weighted by molar-refractivity contribution is 0.453. The summed E-state index contributed by atoms with van der Waals surface area (Å²) >= 11 is 0. The van der Waals surface area contributed by atoms with E-state index in [9.17, 15) is 0 Å². The van der Waals surface area contributed by atoms with Crippen LogP contribution in [0, 0.1) is 0 Å². The van der Waals surface area contributed by atoms with Gasteiger partial charge in [0.15, 0.2) is 0 Å². The SMILES string of the molecule is [N-]=[N+]=NCc1ccc(-c2ccccc2P(=O)(C2CCCCC2)C2CCCCC2)cc1. The average Bonchev–Trinajstić information content (AvgIpc) is 2.84. The Hall–Kier alpha value is -2.02. The van der Waals surface area contributed by atoms with Crippen LogP contribution in [-0.2, 0) is 11.1 Å². The molecule has 0 bridgehead atoms. The van der Waals surface area contributed by atoms with Crippen molar-refractivity contribution in [2.45, 2.75) is 82.1 Å². The fourth-order valence-electron chi connectivity index (χ4n) is 5.55. The van der Waals surface area contributed by atoms with Gasteiger partial charge in [-0.25, -0.2) is 0 Å². The molecule has 30 heavy (non-hydrogen) atoms. The van der Waals surface area contributed by atoms with Crippen molar-refractivity contribution in [3.8, 4) is 11.1 Å². The minimum absolute atomic E-state index is 0.347. The van der Waals surface area contributed by atoms with Gasteiger partial charge >= 0.3 is 0 Å². The van der Waals surface area contributed by atoms with Gasteiger partial charge in [-0.3, -0.25) is 0 Å². The molecule has 158 valence electrons. The van der Waals surface area contributed by atoms with Crippen molar-refractivity contribution in [1.82, 2.24) is 0 Å². The maximum Gasteiger partial charge on any atom is 0.122 e. The maximum atomic E-state index is 15.1. The first-order valence-corrected chi connectivity index (χ1v) is 13.4. The van der Waals surface area contributed by atoms with E-state index in [0.717, 1.165) is 47.7 Å². The van der Waals surface area contributed by atoms with Gasteiger partial charge in [0, 0.05) is 21.5 Å². The minimum atomic E-state index is -2.52. The Morgan fingerprint density at radius 2 is 1.40 bits per heavy atom. The van der Waals surface area contributed by atoms with E-state index in [0.29, 0.717) is 17.9 Å². The van der Waals surface area contributed by atoms with Crippen LogP contribution >= 0.6 is 7.14 Å². The van der Waals surface area contributed by atoms with Crippen molar-refractivity contribution in [3.05, 3.63) is 64.5 Å². The summed E-state index contributed by atoms with van der Waals surface area (Å²) in [7, 11) is -2.52. The molecule has 5 heteroatoms. The second-order valence-corrected chi connectivity index (χ2v) is 12.3. The van der Waals surface area contributed by atoms with Gasteiger partial charge in [0.2, 0.25) is 0 Å². The summed E-state index contributed by atoms with van der Waals surface area (Å²) in [4.78, 5) is 2.85. The number of hydrogen-bond acceptors (Lipinski definition) is 2. The Kier molecular flexibility index (Phi) is 6.97. The molecule has 2 aromatic rings. The molecular formula is C25H32N3OP. The summed E-state index contributed by atoms with van der Waals surface area (Å²) < 4.78 is 15.1. The molecule has 0 aromatic heterocycles. The Morgan fingerprint density at radius 1 is 0.833 bits per heavy atom. The van der Waals surface area contributed by atoms with Gasteiger partial charge in [-0.05, 0) is 47.9 Å². The molecule has 2 saturated carbocycles. The van der Waals surface area contributed by atoms with Crippen molar-refractivity contribution < 1.29 is 4.57 Å². The molecule has 0 saturated heterocycles. The first-order chi connectivity index (χ1) is 14.7. The highest BCUT2D eigenvalue weighted by molar-refractivity contribution is 7.73. The molecule has 0 unspecified atom stereocenters. The lowest BCUT2D eigenvalue weighted by Crippen LogP contribution is -2.30. The maximum absolute atomic E-state index is 15.1. The first kappa shape index (κ1) is 21.2. The van der Waals surface area contributed by atoms with Crippen LogP contribution in [0.5, 0.6) is 0 Å². The molecule has 0 heterocycles. The van der Waals surface area contributed by atoms with E-state index >= 15 is 4.57 Å². The number of nitrogens with zero attached hydrogens (tertiary/aromatic N) is 3. The van der Waals surface area contributed by atoms with Crippen LogP contribution in [0.1, 0.15) is 69.8 Å². The third kappa shape index (κ3) is 4.36. The summed E-state index contributed by atoms with van der Waals surface area (Å²) in [5, 5.41) is 4.78. The number of hydrogen-bond donors (Lipinski definition) is 0. The van der Waals surface area contributed by atoms with Gasteiger partial charge in [-0.15, -0.1) is 0 Å². The zero-order valence-electron chi connectivity index (χ0n) is 17.7. The van der Waals surface area contributed by atoms with Crippen LogP contribution in [0.3, 0.4) is 0 Å². The van der Waals surface area contributed by atoms with E-state index in [1.54, 1.807) is 0 Å². The van der Waals surface area contributed by atoms with E-state index in [1.807, 2.05) is 12.1 Å². The number of rotatable bonds is 6. The van der Waals surface area contributed by atoms with E-state index in [2.05, 4.69) is 46.4 Å². The number of benzene rings is 2. The Labute approximate surface area is 180 Å². The topological polar surface area (TPSA) is 65.8 Å². The predicted molar refractivity (Wildman–Crippen MR) is 126 cm³/mol. The van der Waals surface area contributed by atoms with Crippen LogP contribution in [0.15, 0.2) is 53.6 Å². The quantitative estimate of drug-likeness (QED) is 0.203. The summed E-state index contributed by atoms with van der Waals surface area (Å²) in [5.74, 6) is 0. The monoisotopic (exact) mass is 421 g/mol. The number of azide groups is 1. The zero-order valence-corrected chi connectivity index (χ0v) is 18.6. The third-order valence-corrected chi connectivity index (χ3v) is 11.4. The normalized spacial score (nSPS) is 18.7. The Bertz CT molecular complexity index is 915. The summed E-state index contributed by atoms with van der Waals surface area (Å²) in [6.45, 7) is 0.362. The van der Waals surface area contributed by atoms with Crippen molar-refractivity contribution in [3.63, 3.8) is 0 Å². The molecule has 0 atom stereocenters. The molecule has 0 N–H and O–H groups in total. The van der Waals surface area contributed by atoms with E-state index < -0.39 is 7.14 Å². The van der Waals surface area contributed by atoms with Crippen LogP contribution in [0.25, 0.3) is 21.6 Å². The standard InChI is InChI=1S/C25H32N3OP/c26-28-27-19-20-15-17-21(18-16-20)24-13-7-8-14-25(24)30(29,22-9-3-1-4-10-22)23-11-5-2-6-12-23/h7-8,13-18,22-23H,1-6,9-12,19H2. The third-order valence-electron chi connectivity index (χ3n) is 7.10. The molecular weight excluding hydrogens is 389 g/mol. The van der Waals surface area contributed by atoms with E-state index in [1.165, 1.54) is 38.5 Å². The first-order valence-electron chi connectivity index (χ1n) is 11.5. The van der Waals surface area contributed by atoms with Crippen molar-refractivity contribution in [1.29, 1.82) is 0 Å². The zero-order chi connectivity index (χ0) is 20.8. The Morgan fingerprint density at radius 3 is 1.97 bits per heavy atom. The predicted octanol–water partition coefficient (Wildman–Crippen LogP) is 7.82. The van der Waals surface area contributed by atoms with E-state index in [4.69, 9.17) is 5.53 Å². The Balaban J connectivity index is 1.76. The molecule has 2 fully saturated rings. The molecule has 4 rings (SSSR count). The van der Waals surface area contributed by atoms with Gasteiger partial charge in [0.1, 0.15) is 7.14 Å². The molecule has 0 aliphatic heterocycles. The minimum Gasteiger partial charge on any atom is -0.318 e.